The molecule has 0 aliphatic heterocycles. The molecule has 0 aromatic carbocycles. The summed E-state index contributed by atoms with van der Waals surface area (Å²) < 4.78 is 0. The van der Waals surface area contributed by atoms with E-state index in [1.165, 1.54) is 0 Å². The molecule has 0 saturated carbocycles. The minimum Gasteiger partial charge on any atom is -0.395 e. The molecule has 2 aromatic rings. The van der Waals surface area contributed by atoms with Gasteiger partial charge in [0.15, 0.2) is 5.69 Å². The van der Waals surface area contributed by atoms with Crippen LogP contribution in [0.3, 0.4) is 0 Å². The highest BCUT2D eigenvalue weighted by Gasteiger charge is 2.15. The third-order valence-corrected chi connectivity index (χ3v) is 3.61. The largest absolute Gasteiger partial charge is 0.395 e. The molecule has 1 amide bonds. The van der Waals surface area contributed by atoms with Crippen molar-refractivity contribution in [1.82, 2.24) is 20.5 Å². The van der Waals surface area contributed by atoms with Crippen LogP contribution in [0.4, 0.5) is 5.69 Å². The second-order valence-electron chi connectivity index (χ2n) is 4.18. The minimum absolute atomic E-state index is 0.250. The highest BCUT2D eigenvalue weighted by atomic mass is 32.1. The summed E-state index contributed by atoms with van der Waals surface area (Å²) in [6.45, 7) is 4.44. The molecule has 0 atom stereocenters. The molecule has 0 spiro atoms. The van der Waals surface area contributed by atoms with E-state index < -0.39 is 0 Å². The van der Waals surface area contributed by atoms with E-state index >= 15 is 0 Å². The van der Waals surface area contributed by atoms with Crippen molar-refractivity contribution in [3.8, 4) is 0 Å². The standard InChI is InChI=1S/C12H17N5OS/c1-3-9-10(13)11(17-16-9)12(18)14-5-4-8-6-19-7(2)15-8/h6H,3-5,13H2,1-2H3,(H,14,18)(H,16,17). The molecule has 0 bridgehead atoms. The van der Waals surface area contributed by atoms with Crippen LogP contribution in [0.15, 0.2) is 5.38 Å². The molecule has 7 heteroatoms. The number of nitrogen functional groups attached to an aromatic ring is 1. The Morgan fingerprint density at radius 1 is 1.58 bits per heavy atom. The number of nitrogens with two attached hydrogens (primary N) is 1. The Bertz CT molecular complexity index is 574. The molecule has 6 nitrogen and oxygen atoms in total. The van der Waals surface area contributed by atoms with Gasteiger partial charge in [-0.1, -0.05) is 6.92 Å². The maximum atomic E-state index is 11.9. The first-order chi connectivity index (χ1) is 9.11. The maximum Gasteiger partial charge on any atom is 0.273 e. The van der Waals surface area contributed by atoms with E-state index in [2.05, 4.69) is 20.5 Å². The quantitative estimate of drug-likeness (QED) is 0.768. The van der Waals surface area contributed by atoms with Crippen LogP contribution in [0.2, 0.25) is 0 Å². The van der Waals surface area contributed by atoms with Crippen molar-refractivity contribution in [1.29, 1.82) is 0 Å². The first-order valence-electron chi connectivity index (χ1n) is 6.13. The molecule has 4 N–H and O–H groups in total. The van der Waals surface area contributed by atoms with Crippen molar-refractivity contribution in [3.63, 3.8) is 0 Å². The second kappa shape index (κ2) is 5.83. The number of hydrogen-bond acceptors (Lipinski definition) is 5. The lowest BCUT2D eigenvalue weighted by Crippen LogP contribution is -2.26. The monoisotopic (exact) mass is 279 g/mol. The third kappa shape index (κ3) is 3.11. The number of nitrogens with zero attached hydrogens (tertiary/aromatic N) is 2. The van der Waals surface area contributed by atoms with Gasteiger partial charge in [-0.15, -0.1) is 11.3 Å². The predicted octanol–water partition coefficient (Wildman–Crippen LogP) is 1.29. The van der Waals surface area contributed by atoms with Gasteiger partial charge in [-0.3, -0.25) is 9.89 Å². The summed E-state index contributed by atoms with van der Waals surface area (Å²) in [6, 6.07) is 0. The highest BCUT2D eigenvalue weighted by Crippen LogP contribution is 2.14. The number of aromatic nitrogens is 3. The smallest absolute Gasteiger partial charge is 0.273 e. The van der Waals surface area contributed by atoms with Crippen LogP contribution in [-0.4, -0.2) is 27.6 Å². The fraction of sp³-hybridized carbons (Fsp3) is 0.417. The summed E-state index contributed by atoms with van der Waals surface area (Å²) >= 11 is 1.61. The molecule has 0 fully saturated rings. The molecule has 0 saturated heterocycles. The Morgan fingerprint density at radius 3 is 2.95 bits per heavy atom. The van der Waals surface area contributed by atoms with Gasteiger partial charge >= 0.3 is 0 Å². The number of aromatic amines is 1. The number of rotatable bonds is 5. The number of H-pyrrole nitrogens is 1. The number of nitrogens with one attached hydrogen (secondary N) is 2. The molecule has 19 heavy (non-hydrogen) atoms. The van der Waals surface area contributed by atoms with Crippen LogP contribution < -0.4 is 11.1 Å². The van der Waals surface area contributed by atoms with Crippen molar-refractivity contribution in [3.05, 3.63) is 27.5 Å². The lowest BCUT2D eigenvalue weighted by Gasteiger charge is -2.02. The van der Waals surface area contributed by atoms with E-state index in [1.807, 2.05) is 19.2 Å². The number of aryl methyl sites for hydroxylation is 2. The van der Waals surface area contributed by atoms with Gasteiger partial charge in [0, 0.05) is 18.3 Å². The number of amides is 1. The number of carbonyl (C=O) groups excluding carboxylic acids is 1. The zero-order chi connectivity index (χ0) is 13.8. The molecular formula is C12H17N5OS. The van der Waals surface area contributed by atoms with E-state index in [0.29, 0.717) is 18.7 Å². The van der Waals surface area contributed by atoms with Gasteiger partial charge < -0.3 is 11.1 Å². The maximum absolute atomic E-state index is 11.9. The zero-order valence-electron chi connectivity index (χ0n) is 11.0. The summed E-state index contributed by atoms with van der Waals surface area (Å²) in [4.78, 5) is 16.2. The summed E-state index contributed by atoms with van der Waals surface area (Å²) in [6.07, 6.45) is 1.44. The molecule has 0 aliphatic carbocycles. The van der Waals surface area contributed by atoms with Gasteiger partial charge in [0.25, 0.3) is 5.91 Å². The van der Waals surface area contributed by atoms with Crippen LogP contribution in [-0.2, 0) is 12.8 Å². The highest BCUT2D eigenvalue weighted by molar-refractivity contribution is 7.09. The zero-order valence-corrected chi connectivity index (χ0v) is 11.8. The predicted molar refractivity (Wildman–Crippen MR) is 75.3 cm³/mol. The van der Waals surface area contributed by atoms with E-state index in [0.717, 1.165) is 22.8 Å². The summed E-state index contributed by atoms with van der Waals surface area (Å²) in [5.41, 5.74) is 8.32. The molecule has 2 heterocycles. The van der Waals surface area contributed by atoms with Gasteiger partial charge in [-0.2, -0.15) is 5.10 Å². The van der Waals surface area contributed by atoms with Crippen molar-refractivity contribution < 1.29 is 4.79 Å². The average molecular weight is 279 g/mol. The number of thiazole rings is 1. The molecule has 0 radical (unpaired) electrons. The summed E-state index contributed by atoms with van der Waals surface area (Å²) in [5.74, 6) is -0.250. The number of hydrogen-bond donors (Lipinski definition) is 3. The molecule has 2 rings (SSSR count). The number of carbonyl (C=O) groups is 1. The number of anilines is 1. The van der Waals surface area contributed by atoms with Crippen molar-refractivity contribution in [2.75, 3.05) is 12.3 Å². The SMILES string of the molecule is CCc1[nH]nc(C(=O)NCCc2csc(C)n2)c1N. The van der Waals surface area contributed by atoms with Gasteiger partial charge in [-0.05, 0) is 13.3 Å². The van der Waals surface area contributed by atoms with Crippen LogP contribution in [0.1, 0.15) is 33.8 Å². The van der Waals surface area contributed by atoms with Crippen molar-refractivity contribution in [2.24, 2.45) is 0 Å². The minimum atomic E-state index is -0.250. The summed E-state index contributed by atoms with van der Waals surface area (Å²) in [5, 5.41) is 12.5. The van der Waals surface area contributed by atoms with Crippen LogP contribution >= 0.6 is 11.3 Å². The van der Waals surface area contributed by atoms with E-state index in [9.17, 15) is 4.79 Å². The first-order valence-corrected chi connectivity index (χ1v) is 7.01. The molecule has 102 valence electrons. The van der Waals surface area contributed by atoms with Gasteiger partial charge in [0.2, 0.25) is 0 Å². The lowest BCUT2D eigenvalue weighted by molar-refractivity contribution is 0.0950. The van der Waals surface area contributed by atoms with Gasteiger partial charge in [0.05, 0.1) is 22.1 Å². The van der Waals surface area contributed by atoms with Crippen molar-refractivity contribution in [2.45, 2.75) is 26.7 Å². The van der Waals surface area contributed by atoms with E-state index in [1.54, 1.807) is 11.3 Å². The first kappa shape index (κ1) is 13.5. The topological polar surface area (TPSA) is 96.7 Å². The fourth-order valence-electron chi connectivity index (χ4n) is 1.74. The lowest BCUT2D eigenvalue weighted by atomic mass is 10.2. The van der Waals surface area contributed by atoms with Gasteiger partial charge in [0.1, 0.15) is 0 Å². The van der Waals surface area contributed by atoms with Gasteiger partial charge in [-0.25, -0.2) is 4.98 Å². The van der Waals surface area contributed by atoms with E-state index in [4.69, 9.17) is 5.73 Å². The molecule has 0 unspecified atom stereocenters. The second-order valence-corrected chi connectivity index (χ2v) is 5.24. The Hall–Kier alpha value is -1.89. The normalized spacial score (nSPS) is 10.6. The Morgan fingerprint density at radius 2 is 2.37 bits per heavy atom. The molecular weight excluding hydrogens is 262 g/mol. The Balaban J connectivity index is 1.89. The molecule has 2 aromatic heterocycles. The Labute approximate surface area is 115 Å². The van der Waals surface area contributed by atoms with Crippen molar-refractivity contribution >= 4 is 22.9 Å². The summed E-state index contributed by atoms with van der Waals surface area (Å²) in [7, 11) is 0. The fourth-order valence-corrected chi connectivity index (χ4v) is 2.39. The molecule has 0 aliphatic rings. The third-order valence-electron chi connectivity index (χ3n) is 2.78. The van der Waals surface area contributed by atoms with Crippen LogP contribution in [0.5, 0.6) is 0 Å². The van der Waals surface area contributed by atoms with Crippen LogP contribution in [0, 0.1) is 6.92 Å². The Kier molecular flexibility index (Phi) is 4.16. The van der Waals surface area contributed by atoms with E-state index in [-0.39, 0.29) is 11.6 Å². The van der Waals surface area contributed by atoms with Crippen LogP contribution in [0.25, 0.3) is 0 Å². The average Bonchev–Trinajstić information content (AvgIpc) is 2.95.